The highest BCUT2D eigenvalue weighted by Crippen LogP contribution is 2.25. The summed E-state index contributed by atoms with van der Waals surface area (Å²) in [5.41, 5.74) is 3.77. The van der Waals surface area contributed by atoms with Crippen LogP contribution in [0.4, 0.5) is 0 Å². The van der Waals surface area contributed by atoms with Crippen molar-refractivity contribution in [3.05, 3.63) is 75.2 Å². The standard InChI is InChI=1S/C25H29NO3/c1-18(2)8-5-9-19(3)10-6-11-20(4)14-15-28-23-13-7-12-21-16-22(17-26)25(27)29-24(21)23/h7-8,10,12-14,16H,5-6,9,11,15H2,1-4H3. The van der Waals surface area contributed by atoms with E-state index in [1.807, 2.05) is 18.2 Å². The average Bonchev–Trinajstić information content (AvgIpc) is 2.67. The van der Waals surface area contributed by atoms with Gasteiger partial charge in [-0.05, 0) is 71.6 Å². The Hall–Kier alpha value is -3.06. The number of allylic oxidation sites excluding steroid dienone is 5. The van der Waals surface area contributed by atoms with E-state index in [9.17, 15) is 4.79 Å². The summed E-state index contributed by atoms with van der Waals surface area (Å²) in [4.78, 5) is 11.8. The van der Waals surface area contributed by atoms with E-state index in [4.69, 9.17) is 14.4 Å². The van der Waals surface area contributed by atoms with Crippen molar-refractivity contribution >= 4 is 11.0 Å². The van der Waals surface area contributed by atoms with Gasteiger partial charge in [0.15, 0.2) is 11.3 Å². The summed E-state index contributed by atoms with van der Waals surface area (Å²) in [6, 6.07) is 8.75. The molecule has 4 heteroatoms. The number of nitriles is 1. The first-order valence-electron chi connectivity index (χ1n) is 9.95. The van der Waals surface area contributed by atoms with Crippen LogP contribution >= 0.6 is 0 Å². The molecule has 0 fully saturated rings. The van der Waals surface area contributed by atoms with Crippen molar-refractivity contribution in [3.8, 4) is 11.8 Å². The first kappa shape index (κ1) is 22.2. The van der Waals surface area contributed by atoms with Gasteiger partial charge in [0.05, 0.1) is 0 Å². The topological polar surface area (TPSA) is 63.2 Å². The summed E-state index contributed by atoms with van der Waals surface area (Å²) in [7, 11) is 0. The largest absolute Gasteiger partial charge is 0.486 e. The fourth-order valence-electron chi connectivity index (χ4n) is 2.92. The van der Waals surface area contributed by atoms with E-state index in [-0.39, 0.29) is 5.56 Å². The second kappa shape index (κ2) is 11.1. The lowest BCUT2D eigenvalue weighted by molar-refractivity contribution is 0.357. The lowest BCUT2D eigenvalue weighted by atomic mass is 10.1. The summed E-state index contributed by atoms with van der Waals surface area (Å²) in [6.45, 7) is 8.94. The van der Waals surface area contributed by atoms with Crippen molar-refractivity contribution in [2.24, 2.45) is 0 Å². The molecule has 0 saturated carbocycles. The minimum absolute atomic E-state index is 0.00501. The molecule has 0 atom stereocenters. The molecule has 1 heterocycles. The molecular formula is C25H29NO3. The average molecular weight is 392 g/mol. The van der Waals surface area contributed by atoms with Gasteiger partial charge in [-0.3, -0.25) is 0 Å². The molecule has 0 spiro atoms. The van der Waals surface area contributed by atoms with Gasteiger partial charge in [0.1, 0.15) is 18.2 Å². The highest BCUT2D eigenvalue weighted by atomic mass is 16.5. The Kier molecular flexibility index (Phi) is 8.48. The summed E-state index contributed by atoms with van der Waals surface area (Å²) in [5.74, 6) is 0.503. The van der Waals surface area contributed by atoms with Crippen molar-refractivity contribution in [2.75, 3.05) is 6.61 Å². The van der Waals surface area contributed by atoms with E-state index >= 15 is 0 Å². The van der Waals surface area contributed by atoms with Crippen LogP contribution in [0.3, 0.4) is 0 Å². The van der Waals surface area contributed by atoms with E-state index in [0.29, 0.717) is 23.3 Å². The summed E-state index contributed by atoms with van der Waals surface area (Å²) >= 11 is 0. The predicted octanol–water partition coefficient (Wildman–Crippen LogP) is 6.46. The summed E-state index contributed by atoms with van der Waals surface area (Å²) < 4.78 is 11.1. The van der Waals surface area contributed by atoms with Crippen molar-refractivity contribution < 1.29 is 9.15 Å². The molecule has 2 aromatic rings. The molecule has 0 bridgehead atoms. The van der Waals surface area contributed by atoms with Gasteiger partial charge in [-0.2, -0.15) is 5.26 Å². The predicted molar refractivity (Wildman–Crippen MR) is 118 cm³/mol. The van der Waals surface area contributed by atoms with Gasteiger partial charge in [0, 0.05) is 5.39 Å². The van der Waals surface area contributed by atoms with E-state index in [0.717, 1.165) is 25.7 Å². The molecule has 0 unspecified atom stereocenters. The number of nitrogens with zero attached hydrogens (tertiary/aromatic N) is 1. The van der Waals surface area contributed by atoms with Gasteiger partial charge in [0.25, 0.3) is 0 Å². The molecule has 0 aliphatic heterocycles. The lowest BCUT2D eigenvalue weighted by Crippen LogP contribution is -2.04. The normalized spacial score (nSPS) is 12.0. The highest BCUT2D eigenvalue weighted by Gasteiger charge is 2.09. The molecule has 4 nitrogen and oxygen atoms in total. The minimum atomic E-state index is -0.644. The van der Waals surface area contributed by atoms with E-state index < -0.39 is 5.63 Å². The van der Waals surface area contributed by atoms with Crippen molar-refractivity contribution in [1.29, 1.82) is 5.26 Å². The molecule has 152 valence electrons. The molecule has 0 amide bonds. The van der Waals surface area contributed by atoms with Crippen LogP contribution in [0, 0.1) is 11.3 Å². The monoisotopic (exact) mass is 391 g/mol. The van der Waals surface area contributed by atoms with Crippen LogP contribution in [0.5, 0.6) is 5.75 Å². The first-order chi connectivity index (χ1) is 13.9. The molecule has 0 N–H and O–H groups in total. The number of para-hydroxylation sites is 1. The summed E-state index contributed by atoms with van der Waals surface area (Å²) in [6.07, 6.45) is 10.8. The maximum atomic E-state index is 11.8. The number of rotatable bonds is 9. The van der Waals surface area contributed by atoms with Crippen molar-refractivity contribution in [2.45, 2.75) is 53.4 Å². The lowest BCUT2D eigenvalue weighted by Gasteiger charge is -2.07. The number of fused-ring (bicyclic) bond motifs is 1. The van der Waals surface area contributed by atoms with Crippen LogP contribution in [0.2, 0.25) is 0 Å². The fourth-order valence-corrected chi connectivity index (χ4v) is 2.92. The second-order valence-electron chi connectivity index (χ2n) is 7.50. The minimum Gasteiger partial charge on any atom is -0.486 e. The highest BCUT2D eigenvalue weighted by molar-refractivity contribution is 5.83. The third kappa shape index (κ3) is 7.12. The van der Waals surface area contributed by atoms with Crippen LogP contribution in [-0.2, 0) is 0 Å². The molecule has 29 heavy (non-hydrogen) atoms. The Morgan fingerprint density at radius 2 is 1.76 bits per heavy atom. The van der Waals surface area contributed by atoms with E-state index in [1.165, 1.54) is 22.8 Å². The zero-order valence-corrected chi connectivity index (χ0v) is 17.7. The van der Waals surface area contributed by atoms with E-state index in [2.05, 4.69) is 39.8 Å². The van der Waals surface area contributed by atoms with Crippen LogP contribution in [0.15, 0.2) is 68.4 Å². The maximum absolute atomic E-state index is 11.8. The fraction of sp³-hybridized carbons (Fsp3) is 0.360. The number of hydrogen-bond acceptors (Lipinski definition) is 4. The Bertz CT molecular complexity index is 1030. The third-order valence-electron chi connectivity index (χ3n) is 4.64. The molecule has 0 radical (unpaired) electrons. The number of benzene rings is 1. The third-order valence-corrected chi connectivity index (χ3v) is 4.64. The molecular weight excluding hydrogens is 362 g/mol. The van der Waals surface area contributed by atoms with Crippen molar-refractivity contribution in [3.63, 3.8) is 0 Å². The molecule has 0 aliphatic rings. The van der Waals surface area contributed by atoms with Gasteiger partial charge in [-0.25, -0.2) is 4.79 Å². The van der Waals surface area contributed by atoms with Crippen LogP contribution in [-0.4, -0.2) is 6.61 Å². The Morgan fingerprint density at radius 1 is 1.07 bits per heavy atom. The molecule has 2 rings (SSSR count). The Labute approximate surface area is 172 Å². The Balaban J connectivity index is 1.91. The van der Waals surface area contributed by atoms with Crippen LogP contribution in [0.1, 0.15) is 58.9 Å². The smallest absolute Gasteiger partial charge is 0.354 e. The molecule has 0 saturated heterocycles. The zero-order chi connectivity index (χ0) is 21.2. The van der Waals surface area contributed by atoms with Crippen LogP contribution in [0.25, 0.3) is 11.0 Å². The van der Waals surface area contributed by atoms with E-state index in [1.54, 1.807) is 12.1 Å². The second-order valence-corrected chi connectivity index (χ2v) is 7.50. The van der Waals surface area contributed by atoms with Crippen LogP contribution < -0.4 is 10.4 Å². The van der Waals surface area contributed by atoms with Gasteiger partial charge in [-0.15, -0.1) is 0 Å². The molecule has 1 aromatic heterocycles. The maximum Gasteiger partial charge on any atom is 0.354 e. The number of ether oxygens (including phenoxy) is 1. The molecule has 1 aromatic carbocycles. The quantitative estimate of drug-likeness (QED) is 0.363. The SMILES string of the molecule is CC(C)=CCCC(C)=CCCC(C)=CCOc1cccc2cc(C#N)c(=O)oc12. The zero-order valence-electron chi connectivity index (χ0n) is 17.7. The first-order valence-corrected chi connectivity index (χ1v) is 9.95. The number of hydrogen-bond donors (Lipinski definition) is 0. The van der Waals surface area contributed by atoms with Gasteiger partial charge >= 0.3 is 5.63 Å². The summed E-state index contributed by atoms with van der Waals surface area (Å²) in [5, 5.41) is 9.64. The van der Waals surface area contributed by atoms with Gasteiger partial charge < -0.3 is 9.15 Å². The van der Waals surface area contributed by atoms with Gasteiger partial charge in [-0.1, -0.05) is 41.0 Å². The molecule has 0 aliphatic carbocycles. The van der Waals surface area contributed by atoms with Crippen molar-refractivity contribution in [1.82, 2.24) is 0 Å². The Morgan fingerprint density at radius 3 is 2.45 bits per heavy atom. The van der Waals surface area contributed by atoms with Gasteiger partial charge in [0.2, 0.25) is 0 Å².